The fourth-order valence-electron chi connectivity index (χ4n) is 3.54. The molecule has 0 saturated heterocycles. The van der Waals surface area contributed by atoms with Crippen molar-refractivity contribution >= 4 is 15.9 Å². The molecule has 8 heteroatoms. The van der Waals surface area contributed by atoms with Crippen LogP contribution in [0.15, 0.2) is 59.6 Å². The predicted octanol–water partition coefficient (Wildman–Crippen LogP) is 2.68. The van der Waals surface area contributed by atoms with Crippen molar-refractivity contribution in [3.8, 4) is 5.69 Å². The van der Waals surface area contributed by atoms with Crippen LogP contribution < -0.4 is 10.5 Å². The van der Waals surface area contributed by atoms with E-state index in [1.165, 1.54) is 12.1 Å². The van der Waals surface area contributed by atoms with E-state index in [1.807, 2.05) is 35.9 Å². The molecule has 0 radical (unpaired) electrons. The highest BCUT2D eigenvalue weighted by Crippen LogP contribution is 2.42. The first-order valence-corrected chi connectivity index (χ1v) is 11.4. The molecule has 30 heavy (non-hydrogen) atoms. The monoisotopic (exact) mass is 424 g/mol. The van der Waals surface area contributed by atoms with Crippen molar-refractivity contribution in [3.05, 3.63) is 77.1 Å². The zero-order valence-corrected chi connectivity index (χ0v) is 17.5. The molecule has 1 aromatic heterocycles. The van der Waals surface area contributed by atoms with E-state index in [0.717, 1.165) is 35.3 Å². The highest BCUT2D eigenvalue weighted by Gasteiger charge is 2.33. The lowest BCUT2D eigenvalue weighted by molar-refractivity contribution is 0.0953. The molecular formula is C22H24N4O3S. The number of sulfonamides is 1. The topological polar surface area (TPSA) is 107 Å². The molecule has 1 saturated carbocycles. The van der Waals surface area contributed by atoms with Crippen molar-refractivity contribution in [2.75, 3.05) is 6.54 Å². The summed E-state index contributed by atoms with van der Waals surface area (Å²) in [7, 11) is -3.70. The van der Waals surface area contributed by atoms with Gasteiger partial charge in [-0.15, -0.1) is 0 Å². The molecule has 1 aliphatic rings. The van der Waals surface area contributed by atoms with Gasteiger partial charge in [0.15, 0.2) is 0 Å². The first kappa shape index (κ1) is 20.3. The Morgan fingerprint density at radius 2 is 1.87 bits per heavy atom. The van der Waals surface area contributed by atoms with Gasteiger partial charge in [-0.1, -0.05) is 30.3 Å². The minimum Gasteiger partial charge on any atom is -0.352 e. The molecule has 156 valence electrons. The van der Waals surface area contributed by atoms with Gasteiger partial charge in [0.2, 0.25) is 10.0 Å². The second kappa shape index (κ2) is 8.04. The first-order valence-electron chi connectivity index (χ1n) is 9.88. The summed E-state index contributed by atoms with van der Waals surface area (Å²) in [6.45, 7) is 2.47. The van der Waals surface area contributed by atoms with Gasteiger partial charge < -0.3 is 5.32 Å². The van der Waals surface area contributed by atoms with Crippen molar-refractivity contribution < 1.29 is 13.2 Å². The van der Waals surface area contributed by atoms with Gasteiger partial charge in [0.25, 0.3) is 5.91 Å². The average Bonchev–Trinajstić information content (AvgIpc) is 3.46. The third-order valence-electron chi connectivity index (χ3n) is 5.31. The maximum Gasteiger partial charge on any atom is 0.254 e. The van der Waals surface area contributed by atoms with Crippen LogP contribution in [-0.2, 0) is 16.4 Å². The fraction of sp³-hybridized carbons (Fsp3) is 0.273. The molecule has 0 unspecified atom stereocenters. The van der Waals surface area contributed by atoms with Crippen molar-refractivity contribution in [2.24, 2.45) is 5.14 Å². The maximum atomic E-state index is 12.8. The zero-order chi connectivity index (χ0) is 21.3. The number of nitrogens with two attached hydrogens (primary N) is 1. The van der Waals surface area contributed by atoms with Gasteiger partial charge in [-0.25, -0.2) is 18.2 Å². The van der Waals surface area contributed by atoms with Crippen LogP contribution in [0.2, 0.25) is 0 Å². The molecule has 0 aliphatic heterocycles. The number of carbonyl (C=O) groups excluding carboxylic acids is 1. The lowest BCUT2D eigenvalue weighted by atomic mass is 10.1. The van der Waals surface area contributed by atoms with Crippen LogP contribution in [0.1, 0.15) is 45.9 Å². The summed E-state index contributed by atoms with van der Waals surface area (Å²) in [6, 6.07) is 14.4. The minimum atomic E-state index is -3.70. The quantitative estimate of drug-likeness (QED) is 0.608. The summed E-state index contributed by atoms with van der Waals surface area (Å²) in [5, 5.41) is 12.6. The van der Waals surface area contributed by atoms with E-state index in [9.17, 15) is 13.2 Å². The number of aromatic nitrogens is 2. The van der Waals surface area contributed by atoms with E-state index in [0.29, 0.717) is 24.4 Å². The van der Waals surface area contributed by atoms with Gasteiger partial charge in [0, 0.05) is 12.5 Å². The van der Waals surface area contributed by atoms with E-state index >= 15 is 0 Å². The maximum absolute atomic E-state index is 12.8. The molecule has 1 aliphatic carbocycles. The largest absolute Gasteiger partial charge is 0.352 e. The highest BCUT2D eigenvalue weighted by molar-refractivity contribution is 7.89. The van der Waals surface area contributed by atoms with Crippen LogP contribution in [0.5, 0.6) is 0 Å². The van der Waals surface area contributed by atoms with Crippen molar-refractivity contribution in [1.82, 2.24) is 15.1 Å². The fourth-order valence-corrected chi connectivity index (χ4v) is 4.05. The Hall–Kier alpha value is -2.97. The second-order valence-corrected chi connectivity index (χ2v) is 9.17. The van der Waals surface area contributed by atoms with Crippen molar-refractivity contribution in [1.29, 1.82) is 0 Å². The summed E-state index contributed by atoms with van der Waals surface area (Å²) in [6.07, 6.45) is 4.36. The average molecular weight is 425 g/mol. The van der Waals surface area contributed by atoms with Crippen LogP contribution in [0.25, 0.3) is 5.69 Å². The third kappa shape index (κ3) is 4.29. The highest BCUT2D eigenvalue weighted by atomic mass is 32.2. The Morgan fingerprint density at radius 1 is 1.17 bits per heavy atom. The molecule has 0 bridgehead atoms. The molecule has 0 spiro atoms. The number of benzene rings is 2. The van der Waals surface area contributed by atoms with Gasteiger partial charge in [0.1, 0.15) is 0 Å². The number of primary sulfonamides is 1. The minimum absolute atomic E-state index is 0.0768. The second-order valence-electron chi connectivity index (χ2n) is 7.61. The number of hydrogen-bond acceptors (Lipinski definition) is 4. The smallest absolute Gasteiger partial charge is 0.254 e. The van der Waals surface area contributed by atoms with Crippen LogP contribution in [0.4, 0.5) is 0 Å². The summed E-state index contributed by atoms with van der Waals surface area (Å²) < 4.78 is 24.6. The predicted molar refractivity (Wildman–Crippen MR) is 114 cm³/mol. The van der Waals surface area contributed by atoms with E-state index in [2.05, 4.69) is 10.4 Å². The molecule has 1 heterocycles. The van der Waals surface area contributed by atoms with E-state index in [1.54, 1.807) is 18.3 Å². The normalized spacial score (nSPS) is 13.9. The molecule has 0 atom stereocenters. The summed E-state index contributed by atoms with van der Waals surface area (Å²) in [5.41, 5.74) is 4.61. The van der Waals surface area contributed by atoms with Gasteiger partial charge in [-0.2, -0.15) is 5.10 Å². The lowest BCUT2D eigenvalue weighted by Gasteiger charge is -2.11. The molecule has 3 N–H and O–H groups in total. The van der Waals surface area contributed by atoms with Crippen molar-refractivity contribution in [2.45, 2.75) is 37.0 Å². The third-order valence-corrected chi connectivity index (χ3v) is 6.24. The molecule has 1 fully saturated rings. The van der Waals surface area contributed by atoms with Crippen LogP contribution >= 0.6 is 0 Å². The Bertz CT molecular complexity index is 1180. The molecule has 1 amide bonds. The SMILES string of the molecule is Cc1ccccc1-n1ncc(C(=O)NCCc2ccc(S(N)(=O)=O)cc2)c1C1CC1. The number of aryl methyl sites for hydroxylation is 1. The van der Waals surface area contributed by atoms with E-state index in [4.69, 9.17) is 5.14 Å². The van der Waals surface area contributed by atoms with Crippen molar-refractivity contribution in [3.63, 3.8) is 0 Å². The molecule has 3 aromatic rings. The van der Waals surface area contributed by atoms with Crippen LogP contribution in [0, 0.1) is 6.92 Å². The Labute approximate surface area is 176 Å². The number of para-hydroxylation sites is 1. The Morgan fingerprint density at radius 3 is 2.50 bits per heavy atom. The Balaban J connectivity index is 1.46. The number of amides is 1. The lowest BCUT2D eigenvalue weighted by Crippen LogP contribution is -2.26. The van der Waals surface area contributed by atoms with Gasteiger partial charge in [-0.3, -0.25) is 4.79 Å². The van der Waals surface area contributed by atoms with Crippen LogP contribution in [0.3, 0.4) is 0 Å². The van der Waals surface area contributed by atoms with E-state index in [-0.39, 0.29) is 10.8 Å². The number of nitrogens with one attached hydrogen (secondary N) is 1. The van der Waals surface area contributed by atoms with Crippen LogP contribution in [-0.4, -0.2) is 30.7 Å². The number of hydrogen-bond donors (Lipinski definition) is 2. The number of rotatable bonds is 7. The first-order chi connectivity index (χ1) is 14.3. The van der Waals surface area contributed by atoms with Gasteiger partial charge >= 0.3 is 0 Å². The molecule has 7 nitrogen and oxygen atoms in total. The summed E-state index contributed by atoms with van der Waals surface area (Å²) in [5.74, 6) is 0.219. The van der Waals surface area contributed by atoms with Gasteiger partial charge in [0.05, 0.1) is 28.0 Å². The number of nitrogens with zero attached hydrogens (tertiary/aromatic N) is 2. The number of carbonyl (C=O) groups is 1. The Kier molecular flexibility index (Phi) is 5.44. The molecule has 4 rings (SSSR count). The summed E-state index contributed by atoms with van der Waals surface area (Å²) >= 11 is 0. The van der Waals surface area contributed by atoms with E-state index < -0.39 is 10.0 Å². The standard InChI is InChI=1S/C22H24N4O3S/c1-15-4-2-3-5-20(15)26-21(17-8-9-17)19(14-25-26)22(27)24-13-12-16-6-10-18(11-7-16)30(23,28)29/h2-7,10-11,14,17H,8-9,12-13H2,1H3,(H,24,27)(H2,23,28,29). The molecular weight excluding hydrogens is 400 g/mol. The zero-order valence-electron chi connectivity index (χ0n) is 16.7. The molecule has 2 aromatic carbocycles. The van der Waals surface area contributed by atoms with Gasteiger partial charge in [-0.05, 0) is 55.5 Å². The summed E-state index contributed by atoms with van der Waals surface area (Å²) in [4.78, 5) is 12.9.